The van der Waals surface area contributed by atoms with Crippen molar-refractivity contribution in [3.63, 3.8) is 0 Å². The Morgan fingerprint density at radius 1 is 1.19 bits per heavy atom. The second-order valence-corrected chi connectivity index (χ2v) is 7.12. The van der Waals surface area contributed by atoms with E-state index in [1.165, 1.54) is 11.8 Å². The number of rotatable bonds is 10. The molecule has 1 aliphatic rings. The summed E-state index contributed by atoms with van der Waals surface area (Å²) in [6.45, 7) is 9.92. The Kier molecular flexibility index (Phi) is 8.48. The Morgan fingerprint density at radius 2 is 1.92 bits per heavy atom. The van der Waals surface area contributed by atoms with Crippen molar-refractivity contribution in [3.8, 4) is 5.75 Å². The first-order valence-electron chi connectivity index (χ1n) is 9.29. The topological polar surface area (TPSA) is 41.9 Å². The minimum absolute atomic E-state index is 0.0608. The predicted molar refractivity (Wildman–Crippen MR) is 112 cm³/mol. The highest BCUT2D eigenvalue weighted by molar-refractivity contribution is 8.18. The number of unbranched alkanes of at least 4 members (excludes halogenated alkanes) is 2. The number of amidine groups is 1. The third-order valence-electron chi connectivity index (χ3n) is 3.93. The van der Waals surface area contributed by atoms with Crippen LogP contribution in [0.15, 0.2) is 46.8 Å². The first kappa shape index (κ1) is 20.3. The van der Waals surface area contributed by atoms with Crippen molar-refractivity contribution in [3.05, 3.63) is 47.4 Å². The van der Waals surface area contributed by atoms with Gasteiger partial charge in [-0.2, -0.15) is 0 Å². The second kappa shape index (κ2) is 10.9. The molecule has 0 aliphatic carbocycles. The number of carbonyl (C=O) groups is 1. The third kappa shape index (κ3) is 5.77. The summed E-state index contributed by atoms with van der Waals surface area (Å²) in [7, 11) is 0. The van der Waals surface area contributed by atoms with E-state index in [1.807, 2.05) is 35.2 Å². The first-order valence-corrected chi connectivity index (χ1v) is 10.1. The van der Waals surface area contributed by atoms with E-state index >= 15 is 0 Å². The molecule has 0 N–H and O–H groups in total. The van der Waals surface area contributed by atoms with E-state index in [0.717, 1.165) is 60.2 Å². The summed E-state index contributed by atoms with van der Waals surface area (Å²) in [6.07, 6.45) is 7.85. The van der Waals surface area contributed by atoms with Crippen LogP contribution in [0.1, 0.15) is 45.1 Å². The molecule has 26 heavy (non-hydrogen) atoms. The Balaban J connectivity index is 2.14. The van der Waals surface area contributed by atoms with E-state index in [9.17, 15) is 4.79 Å². The number of benzene rings is 1. The van der Waals surface area contributed by atoms with Gasteiger partial charge in [-0.25, -0.2) is 0 Å². The van der Waals surface area contributed by atoms with Crippen LogP contribution in [0.25, 0.3) is 6.08 Å². The highest BCUT2D eigenvalue weighted by Gasteiger charge is 2.32. The molecule has 0 spiro atoms. The molecular formula is C21H28N2O2S. The molecule has 2 rings (SSSR count). The Bertz CT molecular complexity index is 665. The van der Waals surface area contributed by atoms with Crippen LogP contribution < -0.4 is 4.74 Å². The molecule has 1 saturated heterocycles. The van der Waals surface area contributed by atoms with Gasteiger partial charge in [0.15, 0.2) is 5.17 Å². The highest BCUT2D eigenvalue weighted by atomic mass is 32.2. The molecule has 1 fully saturated rings. The quantitative estimate of drug-likeness (QED) is 0.325. The molecule has 4 nitrogen and oxygen atoms in total. The fourth-order valence-electron chi connectivity index (χ4n) is 2.44. The van der Waals surface area contributed by atoms with Gasteiger partial charge in [-0.15, -0.1) is 0 Å². The number of amides is 1. The lowest BCUT2D eigenvalue weighted by atomic mass is 10.2. The molecule has 0 bridgehead atoms. The number of ether oxygens (including phenoxy) is 1. The molecule has 1 aromatic carbocycles. The van der Waals surface area contributed by atoms with Gasteiger partial charge >= 0.3 is 0 Å². The summed E-state index contributed by atoms with van der Waals surface area (Å²) >= 11 is 1.48. The van der Waals surface area contributed by atoms with E-state index in [4.69, 9.17) is 4.74 Å². The Labute approximate surface area is 161 Å². The van der Waals surface area contributed by atoms with Crippen LogP contribution in [0.4, 0.5) is 0 Å². The first-order chi connectivity index (χ1) is 12.7. The van der Waals surface area contributed by atoms with Gasteiger partial charge in [-0.05, 0) is 48.4 Å². The average molecular weight is 373 g/mol. The largest absolute Gasteiger partial charge is 0.490 e. The van der Waals surface area contributed by atoms with Gasteiger partial charge in [0.05, 0.1) is 4.91 Å². The van der Waals surface area contributed by atoms with E-state index in [0.29, 0.717) is 6.61 Å². The van der Waals surface area contributed by atoms with Gasteiger partial charge in [0.2, 0.25) is 0 Å². The number of thioether (sulfide) groups is 1. The summed E-state index contributed by atoms with van der Waals surface area (Å²) in [4.78, 5) is 20.0. The fraction of sp³-hybridized carbons (Fsp3) is 0.429. The summed E-state index contributed by atoms with van der Waals surface area (Å²) in [5.41, 5.74) is 0.983. The maximum Gasteiger partial charge on any atom is 0.266 e. The molecule has 1 amide bonds. The minimum atomic E-state index is 0.0608. The van der Waals surface area contributed by atoms with Gasteiger partial charge in [0.25, 0.3) is 5.91 Å². The Morgan fingerprint density at radius 3 is 2.58 bits per heavy atom. The summed E-state index contributed by atoms with van der Waals surface area (Å²) in [5.74, 6) is 0.856. The van der Waals surface area contributed by atoms with E-state index in [-0.39, 0.29) is 5.91 Å². The maximum absolute atomic E-state index is 12.8. The lowest BCUT2D eigenvalue weighted by Crippen LogP contribution is -2.30. The van der Waals surface area contributed by atoms with Crippen LogP contribution >= 0.6 is 11.8 Å². The molecule has 0 unspecified atom stereocenters. The zero-order valence-electron chi connectivity index (χ0n) is 15.7. The zero-order chi connectivity index (χ0) is 18.8. The maximum atomic E-state index is 12.8. The van der Waals surface area contributed by atoms with Crippen LogP contribution in [0.5, 0.6) is 5.75 Å². The van der Waals surface area contributed by atoms with Crippen molar-refractivity contribution in [2.75, 3.05) is 19.7 Å². The van der Waals surface area contributed by atoms with E-state index < -0.39 is 0 Å². The summed E-state index contributed by atoms with van der Waals surface area (Å²) in [6, 6.07) is 7.74. The lowest BCUT2D eigenvalue weighted by molar-refractivity contribution is -0.122. The van der Waals surface area contributed by atoms with Gasteiger partial charge in [-0.3, -0.25) is 14.7 Å². The number of hydrogen-bond donors (Lipinski definition) is 0. The van der Waals surface area contributed by atoms with Crippen molar-refractivity contribution in [2.45, 2.75) is 39.5 Å². The van der Waals surface area contributed by atoms with Crippen LogP contribution in [0.3, 0.4) is 0 Å². The van der Waals surface area contributed by atoms with Gasteiger partial charge in [0.1, 0.15) is 12.4 Å². The number of hydrogen-bond acceptors (Lipinski definition) is 4. The van der Waals surface area contributed by atoms with E-state index in [1.54, 1.807) is 6.08 Å². The molecule has 0 aromatic heterocycles. The third-order valence-corrected chi connectivity index (χ3v) is 4.97. The van der Waals surface area contributed by atoms with Crippen molar-refractivity contribution in [2.24, 2.45) is 4.99 Å². The molecule has 0 atom stereocenters. The zero-order valence-corrected chi connectivity index (χ0v) is 16.6. The van der Waals surface area contributed by atoms with Crippen molar-refractivity contribution in [1.29, 1.82) is 0 Å². The molecule has 5 heteroatoms. The minimum Gasteiger partial charge on any atom is -0.490 e. The van der Waals surface area contributed by atoms with Crippen LogP contribution in [0.2, 0.25) is 0 Å². The number of aliphatic imine (C=N–C) groups is 1. The van der Waals surface area contributed by atoms with Gasteiger partial charge in [-0.1, -0.05) is 51.5 Å². The highest BCUT2D eigenvalue weighted by Crippen LogP contribution is 2.33. The lowest BCUT2D eigenvalue weighted by Gasteiger charge is -2.14. The molecule has 1 aromatic rings. The molecule has 0 radical (unpaired) electrons. The van der Waals surface area contributed by atoms with Crippen LogP contribution in [0, 0.1) is 0 Å². The van der Waals surface area contributed by atoms with E-state index in [2.05, 4.69) is 25.4 Å². The van der Waals surface area contributed by atoms with Gasteiger partial charge < -0.3 is 4.74 Å². The fourth-order valence-corrected chi connectivity index (χ4v) is 3.47. The van der Waals surface area contributed by atoms with Gasteiger partial charge in [0, 0.05) is 13.1 Å². The SMILES string of the molecule is C=CCOc1ccc(/C=C2\SC(=NCCCC)N(CCCC)C2=O)cc1. The number of carbonyl (C=O) groups excluding carboxylic acids is 1. The van der Waals surface area contributed by atoms with Crippen molar-refractivity contribution in [1.82, 2.24) is 4.90 Å². The van der Waals surface area contributed by atoms with Crippen molar-refractivity contribution >= 4 is 28.9 Å². The molecular weight excluding hydrogens is 344 g/mol. The van der Waals surface area contributed by atoms with Crippen LogP contribution in [-0.2, 0) is 4.79 Å². The standard InChI is InChI=1S/C21H28N2O2S/c1-4-7-13-22-21-23(14-8-5-2)20(24)19(26-21)16-17-9-11-18(12-10-17)25-15-6-3/h6,9-12,16H,3-5,7-8,13-15H2,1-2H3/b19-16-,22-21?. The average Bonchev–Trinajstić information content (AvgIpc) is 2.94. The summed E-state index contributed by atoms with van der Waals surface area (Å²) < 4.78 is 5.50. The van der Waals surface area contributed by atoms with Crippen molar-refractivity contribution < 1.29 is 9.53 Å². The van der Waals surface area contributed by atoms with Crippen LogP contribution in [-0.4, -0.2) is 35.7 Å². The summed E-state index contributed by atoms with van der Waals surface area (Å²) in [5, 5.41) is 0.842. The Hall–Kier alpha value is -2.01. The molecule has 1 heterocycles. The molecule has 1 aliphatic heterocycles. The number of nitrogens with zero attached hydrogens (tertiary/aromatic N) is 2. The molecule has 140 valence electrons. The monoisotopic (exact) mass is 372 g/mol. The smallest absolute Gasteiger partial charge is 0.266 e. The molecule has 0 saturated carbocycles. The second-order valence-electron chi connectivity index (χ2n) is 6.11. The normalized spacial score (nSPS) is 17.3. The predicted octanol–water partition coefficient (Wildman–Crippen LogP) is 5.12.